The molecule has 0 radical (unpaired) electrons. The molecule has 3 unspecified atom stereocenters. The molecule has 1 amide bonds. The zero-order chi connectivity index (χ0) is 13.9. The average molecular weight is 275 g/mol. The van der Waals surface area contributed by atoms with E-state index >= 15 is 0 Å². The van der Waals surface area contributed by atoms with Crippen molar-refractivity contribution >= 4 is 5.91 Å². The van der Waals surface area contributed by atoms with Gasteiger partial charge in [0.2, 0.25) is 0 Å². The average Bonchev–Trinajstić information content (AvgIpc) is 3.16. The number of aromatic nitrogens is 1. The molecule has 2 aliphatic heterocycles. The smallest absolute Gasteiger partial charge is 0.252 e. The van der Waals surface area contributed by atoms with Crippen LogP contribution in [0.1, 0.15) is 37.3 Å². The molecule has 1 aromatic heterocycles. The number of hydrogen-bond donors (Lipinski definition) is 1. The fourth-order valence-electron chi connectivity index (χ4n) is 3.20. The van der Waals surface area contributed by atoms with E-state index in [1.807, 2.05) is 23.2 Å². The lowest BCUT2D eigenvalue weighted by Crippen LogP contribution is -2.39. The van der Waals surface area contributed by atoms with Gasteiger partial charge in [-0.3, -0.25) is 9.78 Å². The summed E-state index contributed by atoms with van der Waals surface area (Å²) in [5.74, 6) is 0.118. The number of carbonyl (C=O) groups is 1. The Hall–Kier alpha value is -1.46. The molecule has 2 N–H and O–H groups in total. The van der Waals surface area contributed by atoms with Crippen molar-refractivity contribution in [2.75, 3.05) is 13.1 Å². The molecule has 2 fully saturated rings. The molecule has 108 valence electrons. The molecule has 0 spiro atoms. The summed E-state index contributed by atoms with van der Waals surface area (Å²) in [5.41, 5.74) is 6.73. The van der Waals surface area contributed by atoms with Gasteiger partial charge in [0.25, 0.3) is 5.91 Å². The summed E-state index contributed by atoms with van der Waals surface area (Å²) in [4.78, 5) is 18.8. The van der Waals surface area contributed by atoms with Gasteiger partial charge in [-0.05, 0) is 37.3 Å². The topological polar surface area (TPSA) is 68.5 Å². The molecule has 3 atom stereocenters. The highest BCUT2D eigenvalue weighted by Crippen LogP contribution is 2.33. The van der Waals surface area contributed by atoms with E-state index < -0.39 is 0 Å². The Morgan fingerprint density at radius 1 is 1.45 bits per heavy atom. The molecule has 5 nitrogen and oxygen atoms in total. The van der Waals surface area contributed by atoms with Gasteiger partial charge in [-0.2, -0.15) is 0 Å². The Labute approximate surface area is 119 Å². The molecule has 5 heteroatoms. The normalized spacial score (nSPS) is 29.9. The number of rotatable bonds is 3. The Morgan fingerprint density at radius 3 is 3.05 bits per heavy atom. The first-order chi connectivity index (χ1) is 9.79. The predicted molar refractivity (Wildman–Crippen MR) is 74.9 cm³/mol. The lowest BCUT2D eigenvalue weighted by molar-refractivity contribution is -0.143. The van der Waals surface area contributed by atoms with E-state index in [0.717, 1.165) is 37.8 Å². The molecule has 1 aromatic rings. The standard InChI is InChI=1S/C15H21N3O2/c16-9-12-5-6-14(20-12)15(19)18-8-2-4-13(18)11-3-1-7-17-10-11/h1,3,7,10,12-14H,2,4-6,8-9,16H2. The molecule has 3 heterocycles. The van der Waals surface area contributed by atoms with Crippen molar-refractivity contribution in [3.8, 4) is 0 Å². The Bertz CT molecular complexity index is 465. The lowest BCUT2D eigenvalue weighted by atomic mass is 10.1. The summed E-state index contributed by atoms with van der Waals surface area (Å²) in [6, 6.07) is 4.12. The van der Waals surface area contributed by atoms with Crippen molar-refractivity contribution in [3.05, 3.63) is 30.1 Å². The predicted octanol–water partition coefficient (Wildman–Crippen LogP) is 1.25. The number of pyridine rings is 1. The van der Waals surface area contributed by atoms with Crippen molar-refractivity contribution in [1.82, 2.24) is 9.88 Å². The van der Waals surface area contributed by atoms with E-state index in [1.54, 1.807) is 6.20 Å². The maximum atomic E-state index is 12.6. The zero-order valence-corrected chi connectivity index (χ0v) is 11.6. The maximum absolute atomic E-state index is 12.6. The zero-order valence-electron chi connectivity index (χ0n) is 11.6. The minimum Gasteiger partial charge on any atom is -0.364 e. The first kappa shape index (κ1) is 13.5. The van der Waals surface area contributed by atoms with Crippen molar-refractivity contribution in [2.24, 2.45) is 5.73 Å². The monoisotopic (exact) mass is 275 g/mol. The molecule has 3 rings (SSSR count). The molecule has 0 aliphatic carbocycles. The van der Waals surface area contributed by atoms with Crippen LogP contribution in [0.15, 0.2) is 24.5 Å². The van der Waals surface area contributed by atoms with Gasteiger partial charge in [-0.25, -0.2) is 0 Å². The van der Waals surface area contributed by atoms with Crippen LogP contribution in [0.5, 0.6) is 0 Å². The van der Waals surface area contributed by atoms with Gasteiger partial charge < -0.3 is 15.4 Å². The van der Waals surface area contributed by atoms with Crippen LogP contribution in [0.3, 0.4) is 0 Å². The number of nitrogens with two attached hydrogens (primary N) is 1. The number of nitrogens with zero attached hydrogens (tertiary/aromatic N) is 2. The largest absolute Gasteiger partial charge is 0.364 e. The Balaban J connectivity index is 1.71. The minimum atomic E-state index is -0.305. The summed E-state index contributed by atoms with van der Waals surface area (Å²) >= 11 is 0. The quantitative estimate of drug-likeness (QED) is 0.901. The fourth-order valence-corrected chi connectivity index (χ4v) is 3.20. The van der Waals surface area contributed by atoms with Crippen molar-refractivity contribution in [2.45, 2.75) is 43.9 Å². The first-order valence-electron chi connectivity index (χ1n) is 7.35. The molecule has 0 bridgehead atoms. The van der Waals surface area contributed by atoms with Crippen LogP contribution in [0.2, 0.25) is 0 Å². The van der Waals surface area contributed by atoms with Crippen molar-refractivity contribution in [3.63, 3.8) is 0 Å². The third-order valence-electron chi connectivity index (χ3n) is 4.25. The van der Waals surface area contributed by atoms with Crippen LogP contribution < -0.4 is 5.73 Å². The highest BCUT2D eigenvalue weighted by Gasteiger charge is 2.37. The summed E-state index contributed by atoms with van der Waals surface area (Å²) in [5, 5.41) is 0. The molecular weight excluding hydrogens is 254 g/mol. The van der Waals surface area contributed by atoms with E-state index in [4.69, 9.17) is 10.5 Å². The molecule has 2 saturated heterocycles. The summed E-state index contributed by atoms with van der Waals surface area (Å²) in [6.45, 7) is 1.31. The van der Waals surface area contributed by atoms with Gasteiger partial charge in [0, 0.05) is 25.5 Å². The third-order valence-corrected chi connectivity index (χ3v) is 4.25. The minimum absolute atomic E-state index is 0.0448. The van der Waals surface area contributed by atoms with Gasteiger partial charge >= 0.3 is 0 Å². The maximum Gasteiger partial charge on any atom is 0.252 e. The summed E-state index contributed by atoms with van der Waals surface area (Å²) in [7, 11) is 0. The van der Waals surface area contributed by atoms with E-state index in [2.05, 4.69) is 4.98 Å². The first-order valence-corrected chi connectivity index (χ1v) is 7.35. The van der Waals surface area contributed by atoms with Crippen LogP contribution in [-0.4, -0.2) is 41.1 Å². The second kappa shape index (κ2) is 5.89. The second-order valence-electron chi connectivity index (χ2n) is 5.54. The van der Waals surface area contributed by atoms with Gasteiger partial charge in [0.05, 0.1) is 12.1 Å². The fraction of sp³-hybridized carbons (Fsp3) is 0.600. The Kier molecular flexibility index (Phi) is 3.98. The van der Waals surface area contributed by atoms with Crippen LogP contribution in [-0.2, 0) is 9.53 Å². The molecule has 0 saturated carbocycles. The lowest BCUT2D eigenvalue weighted by Gasteiger charge is -2.27. The Morgan fingerprint density at radius 2 is 2.35 bits per heavy atom. The van der Waals surface area contributed by atoms with E-state index in [0.29, 0.717) is 6.54 Å². The number of ether oxygens (including phenoxy) is 1. The number of carbonyl (C=O) groups excluding carboxylic acids is 1. The van der Waals surface area contributed by atoms with Crippen molar-refractivity contribution < 1.29 is 9.53 Å². The van der Waals surface area contributed by atoms with Gasteiger partial charge in [0.1, 0.15) is 6.10 Å². The molecule has 0 aromatic carbocycles. The summed E-state index contributed by atoms with van der Waals surface area (Å²) < 4.78 is 5.74. The van der Waals surface area contributed by atoms with Gasteiger partial charge in [-0.1, -0.05) is 6.07 Å². The summed E-state index contributed by atoms with van der Waals surface area (Å²) in [6.07, 6.45) is 7.08. The molecular formula is C15H21N3O2. The van der Waals surface area contributed by atoms with Crippen LogP contribution in [0, 0.1) is 0 Å². The third kappa shape index (κ3) is 2.55. The highest BCUT2D eigenvalue weighted by atomic mass is 16.5. The van der Waals surface area contributed by atoms with E-state index in [-0.39, 0.29) is 24.2 Å². The van der Waals surface area contributed by atoms with Crippen molar-refractivity contribution in [1.29, 1.82) is 0 Å². The second-order valence-corrected chi connectivity index (χ2v) is 5.54. The SMILES string of the molecule is NCC1CCC(C(=O)N2CCCC2c2cccnc2)O1. The van der Waals surface area contributed by atoms with E-state index in [1.165, 1.54) is 0 Å². The highest BCUT2D eigenvalue weighted by molar-refractivity contribution is 5.82. The van der Waals surface area contributed by atoms with Crippen LogP contribution in [0.4, 0.5) is 0 Å². The van der Waals surface area contributed by atoms with E-state index in [9.17, 15) is 4.79 Å². The number of hydrogen-bond acceptors (Lipinski definition) is 4. The van der Waals surface area contributed by atoms with Gasteiger partial charge in [0.15, 0.2) is 0 Å². The molecule has 2 aliphatic rings. The number of amides is 1. The molecule has 20 heavy (non-hydrogen) atoms. The van der Waals surface area contributed by atoms with Crippen LogP contribution in [0.25, 0.3) is 0 Å². The van der Waals surface area contributed by atoms with Gasteiger partial charge in [-0.15, -0.1) is 0 Å². The van der Waals surface area contributed by atoms with Crippen LogP contribution >= 0.6 is 0 Å². The number of likely N-dealkylation sites (tertiary alicyclic amines) is 1.